The molecule has 0 unspecified atom stereocenters. The Morgan fingerprint density at radius 2 is 1.96 bits per heavy atom. The molecule has 0 bridgehead atoms. The van der Waals surface area contributed by atoms with Crippen molar-refractivity contribution in [1.29, 1.82) is 0 Å². The summed E-state index contributed by atoms with van der Waals surface area (Å²) in [6.45, 7) is 3.02. The second kappa shape index (κ2) is 8.24. The third kappa shape index (κ3) is 5.16. The predicted molar refractivity (Wildman–Crippen MR) is 85.3 cm³/mol. The highest BCUT2D eigenvalue weighted by Crippen LogP contribution is 2.19. The molecule has 0 spiro atoms. The van der Waals surface area contributed by atoms with Gasteiger partial charge in [-0.05, 0) is 17.7 Å². The molecule has 126 valence electrons. The Labute approximate surface area is 139 Å². The monoisotopic (exact) mass is 342 g/mol. The van der Waals surface area contributed by atoms with E-state index < -0.39 is 0 Å². The van der Waals surface area contributed by atoms with Crippen LogP contribution in [0.15, 0.2) is 18.2 Å². The number of nitrogens with two attached hydrogens (primary N) is 1. The molecule has 0 atom stereocenters. The average molecular weight is 343 g/mol. The van der Waals surface area contributed by atoms with Crippen molar-refractivity contribution in [3.63, 3.8) is 0 Å². The van der Waals surface area contributed by atoms with Gasteiger partial charge in [0.05, 0.1) is 13.1 Å². The SMILES string of the molecule is NCC(=O)NCC(=O)N1CCN(Cc2ccc(F)cc2Cl)CC1. The summed E-state index contributed by atoms with van der Waals surface area (Å²) in [5.41, 5.74) is 6.04. The fourth-order valence-corrected chi connectivity index (χ4v) is 2.63. The molecular weight excluding hydrogens is 323 g/mol. The fraction of sp³-hybridized carbons (Fsp3) is 0.467. The summed E-state index contributed by atoms with van der Waals surface area (Å²) in [4.78, 5) is 26.9. The molecule has 1 aliphatic rings. The topological polar surface area (TPSA) is 78.7 Å². The average Bonchev–Trinajstić information content (AvgIpc) is 2.55. The molecule has 23 heavy (non-hydrogen) atoms. The van der Waals surface area contributed by atoms with Crippen molar-refractivity contribution in [2.24, 2.45) is 5.73 Å². The number of hydrogen-bond acceptors (Lipinski definition) is 4. The van der Waals surface area contributed by atoms with Crippen LogP contribution >= 0.6 is 11.6 Å². The van der Waals surface area contributed by atoms with Crippen molar-refractivity contribution in [3.05, 3.63) is 34.6 Å². The summed E-state index contributed by atoms with van der Waals surface area (Å²) in [6, 6.07) is 4.37. The molecule has 0 radical (unpaired) electrons. The number of hydrogen-bond donors (Lipinski definition) is 2. The van der Waals surface area contributed by atoms with E-state index in [9.17, 15) is 14.0 Å². The standard InChI is InChI=1S/C15H20ClFN4O2/c16-13-7-12(17)2-1-11(13)10-20-3-5-21(6-4-20)15(23)9-19-14(22)8-18/h1-2,7H,3-6,8-10,18H2,(H,19,22). The van der Waals surface area contributed by atoms with E-state index in [4.69, 9.17) is 17.3 Å². The lowest BCUT2D eigenvalue weighted by molar-refractivity contribution is -0.134. The van der Waals surface area contributed by atoms with Crippen LogP contribution in [0.1, 0.15) is 5.56 Å². The van der Waals surface area contributed by atoms with Crippen molar-refractivity contribution in [3.8, 4) is 0 Å². The van der Waals surface area contributed by atoms with Crippen LogP contribution in [-0.2, 0) is 16.1 Å². The largest absolute Gasteiger partial charge is 0.346 e. The van der Waals surface area contributed by atoms with Crippen LogP contribution in [0.3, 0.4) is 0 Å². The summed E-state index contributed by atoms with van der Waals surface area (Å²) in [6.07, 6.45) is 0. The second-order valence-electron chi connectivity index (χ2n) is 5.37. The van der Waals surface area contributed by atoms with Gasteiger partial charge >= 0.3 is 0 Å². The lowest BCUT2D eigenvalue weighted by Crippen LogP contribution is -2.51. The summed E-state index contributed by atoms with van der Waals surface area (Å²) in [7, 11) is 0. The van der Waals surface area contributed by atoms with Gasteiger partial charge in [0.2, 0.25) is 11.8 Å². The first kappa shape index (κ1) is 17.7. The normalized spacial score (nSPS) is 15.5. The van der Waals surface area contributed by atoms with Crippen LogP contribution in [0, 0.1) is 5.82 Å². The Morgan fingerprint density at radius 3 is 2.57 bits per heavy atom. The number of rotatable bonds is 5. The molecule has 2 rings (SSSR count). The third-order valence-corrected chi connectivity index (χ3v) is 4.11. The molecule has 0 aromatic heterocycles. The zero-order valence-electron chi connectivity index (χ0n) is 12.7. The number of nitrogens with zero attached hydrogens (tertiary/aromatic N) is 2. The van der Waals surface area contributed by atoms with Gasteiger partial charge in [0.15, 0.2) is 0 Å². The first-order chi connectivity index (χ1) is 11.0. The summed E-state index contributed by atoms with van der Waals surface area (Å²) >= 11 is 6.03. The number of benzene rings is 1. The van der Waals surface area contributed by atoms with E-state index in [0.717, 1.165) is 5.56 Å². The van der Waals surface area contributed by atoms with Crippen molar-refractivity contribution in [2.45, 2.75) is 6.54 Å². The van der Waals surface area contributed by atoms with Gasteiger partial charge in [0.25, 0.3) is 0 Å². The van der Waals surface area contributed by atoms with E-state index in [1.165, 1.54) is 12.1 Å². The lowest BCUT2D eigenvalue weighted by Gasteiger charge is -2.35. The molecule has 0 aliphatic carbocycles. The number of carbonyl (C=O) groups is 2. The highest BCUT2D eigenvalue weighted by atomic mass is 35.5. The second-order valence-corrected chi connectivity index (χ2v) is 5.78. The highest BCUT2D eigenvalue weighted by molar-refractivity contribution is 6.31. The van der Waals surface area contributed by atoms with Crippen molar-refractivity contribution < 1.29 is 14.0 Å². The third-order valence-electron chi connectivity index (χ3n) is 3.76. The number of nitrogens with one attached hydrogen (secondary N) is 1. The van der Waals surface area contributed by atoms with Gasteiger partial charge in [-0.2, -0.15) is 0 Å². The van der Waals surface area contributed by atoms with Gasteiger partial charge in [0, 0.05) is 37.7 Å². The minimum atomic E-state index is -0.353. The van der Waals surface area contributed by atoms with Gasteiger partial charge in [-0.3, -0.25) is 14.5 Å². The maximum atomic E-state index is 13.0. The summed E-state index contributed by atoms with van der Waals surface area (Å²) in [5, 5.41) is 2.88. The van der Waals surface area contributed by atoms with Crippen LogP contribution in [0.25, 0.3) is 0 Å². The smallest absolute Gasteiger partial charge is 0.242 e. The van der Waals surface area contributed by atoms with E-state index in [0.29, 0.717) is 37.7 Å². The van der Waals surface area contributed by atoms with Gasteiger partial charge < -0.3 is 16.0 Å². The molecule has 2 amide bonds. The molecule has 1 aromatic carbocycles. The quantitative estimate of drug-likeness (QED) is 0.801. The maximum Gasteiger partial charge on any atom is 0.242 e. The fourth-order valence-electron chi connectivity index (χ4n) is 2.40. The molecule has 6 nitrogen and oxygen atoms in total. The molecule has 8 heteroatoms. The van der Waals surface area contributed by atoms with Crippen molar-refractivity contribution in [2.75, 3.05) is 39.3 Å². The minimum absolute atomic E-state index is 0.0280. The first-order valence-corrected chi connectivity index (χ1v) is 7.78. The van der Waals surface area contributed by atoms with Gasteiger partial charge in [-0.25, -0.2) is 4.39 Å². The van der Waals surface area contributed by atoms with Crippen molar-refractivity contribution in [1.82, 2.24) is 15.1 Å². The zero-order valence-corrected chi connectivity index (χ0v) is 13.5. The van der Waals surface area contributed by atoms with E-state index in [1.54, 1.807) is 11.0 Å². The number of amides is 2. The van der Waals surface area contributed by atoms with E-state index in [2.05, 4.69) is 10.2 Å². The summed E-state index contributed by atoms with van der Waals surface area (Å²) in [5.74, 6) is -0.817. The minimum Gasteiger partial charge on any atom is -0.346 e. The van der Waals surface area contributed by atoms with E-state index in [-0.39, 0.29) is 30.7 Å². The predicted octanol–water partition coefficient (Wildman–Crippen LogP) is 0.198. The number of carbonyl (C=O) groups excluding carboxylic acids is 2. The lowest BCUT2D eigenvalue weighted by atomic mass is 10.2. The number of halogens is 2. The molecule has 1 aromatic rings. The number of piperazine rings is 1. The Kier molecular flexibility index (Phi) is 6.32. The Hall–Kier alpha value is -1.70. The maximum absolute atomic E-state index is 13.0. The van der Waals surface area contributed by atoms with Gasteiger partial charge in [-0.15, -0.1) is 0 Å². The Morgan fingerprint density at radius 1 is 1.26 bits per heavy atom. The molecule has 3 N–H and O–H groups in total. The highest BCUT2D eigenvalue weighted by Gasteiger charge is 2.21. The van der Waals surface area contributed by atoms with Crippen LogP contribution < -0.4 is 11.1 Å². The van der Waals surface area contributed by atoms with Crippen molar-refractivity contribution >= 4 is 23.4 Å². The molecule has 1 heterocycles. The van der Waals surface area contributed by atoms with E-state index >= 15 is 0 Å². The Balaban J connectivity index is 1.79. The van der Waals surface area contributed by atoms with Gasteiger partial charge in [-0.1, -0.05) is 17.7 Å². The molecule has 1 fully saturated rings. The zero-order chi connectivity index (χ0) is 16.8. The molecule has 1 saturated heterocycles. The molecule has 1 aliphatic heterocycles. The Bertz CT molecular complexity index is 577. The molecular formula is C15H20ClFN4O2. The van der Waals surface area contributed by atoms with Gasteiger partial charge in [0.1, 0.15) is 5.82 Å². The first-order valence-electron chi connectivity index (χ1n) is 7.40. The van der Waals surface area contributed by atoms with Crippen LogP contribution in [-0.4, -0.2) is 60.9 Å². The van der Waals surface area contributed by atoms with Crippen LogP contribution in [0.4, 0.5) is 4.39 Å². The van der Waals surface area contributed by atoms with Crippen LogP contribution in [0.2, 0.25) is 5.02 Å². The van der Waals surface area contributed by atoms with Crippen LogP contribution in [0.5, 0.6) is 0 Å². The summed E-state index contributed by atoms with van der Waals surface area (Å²) < 4.78 is 13.0. The molecule has 0 saturated carbocycles. The van der Waals surface area contributed by atoms with E-state index in [1.807, 2.05) is 0 Å².